The maximum Gasteiger partial charge on any atom is 0.329 e. The van der Waals surface area contributed by atoms with Gasteiger partial charge >= 0.3 is 6.03 Å². The van der Waals surface area contributed by atoms with Crippen LogP contribution in [0.3, 0.4) is 0 Å². The van der Waals surface area contributed by atoms with E-state index >= 15 is 0 Å². The van der Waals surface area contributed by atoms with E-state index < -0.39 is 17.8 Å². The maximum absolute atomic E-state index is 14.1. The number of carbonyl (C=O) groups is 2. The number of benzene rings is 2. The minimum atomic E-state index is -0.538. The molecule has 1 saturated heterocycles. The van der Waals surface area contributed by atoms with Crippen molar-refractivity contribution in [3.63, 3.8) is 0 Å². The Morgan fingerprint density at radius 3 is 2.23 bits per heavy atom. The lowest BCUT2D eigenvalue weighted by Gasteiger charge is -2.57. The molecule has 200 valence electrons. The number of nitrogens with zero attached hydrogens (tertiary/aromatic N) is 2. The van der Waals surface area contributed by atoms with Gasteiger partial charge in [0.15, 0.2) is 0 Å². The van der Waals surface area contributed by atoms with Crippen LogP contribution < -0.4 is 5.32 Å². The molecule has 5 fully saturated rings. The van der Waals surface area contributed by atoms with Crippen LogP contribution in [0.25, 0.3) is 11.8 Å². The Morgan fingerprint density at radius 2 is 1.59 bits per heavy atom. The zero-order valence-electron chi connectivity index (χ0n) is 22.5. The summed E-state index contributed by atoms with van der Waals surface area (Å²) in [6.07, 6.45) is 10.1. The summed E-state index contributed by atoms with van der Waals surface area (Å²) in [5.74, 6) is 1.87. The Balaban J connectivity index is 1.14. The van der Waals surface area contributed by atoms with E-state index in [1.54, 1.807) is 24.3 Å². The zero-order chi connectivity index (χ0) is 26.9. The largest absolute Gasteiger partial charge is 0.329 e. The van der Waals surface area contributed by atoms with Crippen LogP contribution in [0, 0.1) is 37.4 Å². The molecule has 8 rings (SSSR count). The molecule has 0 atom stereocenters. The first-order valence-corrected chi connectivity index (χ1v) is 14.2. The number of hydrogen-bond acceptors (Lipinski definition) is 2. The van der Waals surface area contributed by atoms with Gasteiger partial charge < -0.3 is 9.88 Å². The minimum Gasteiger partial charge on any atom is -0.318 e. The Kier molecular flexibility index (Phi) is 5.58. The highest BCUT2D eigenvalue weighted by Crippen LogP contribution is 2.60. The molecular formula is C33H34FN3O2. The Bertz CT molecular complexity index is 1480. The first-order chi connectivity index (χ1) is 18.8. The fourth-order valence-electron chi connectivity index (χ4n) is 8.43. The Hall–Kier alpha value is -3.67. The van der Waals surface area contributed by atoms with Crippen molar-refractivity contribution in [3.05, 3.63) is 94.2 Å². The summed E-state index contributed by atoms with van der Waals surface area (Å²) in [6.45, 7) is 3.98. The first-order valence-electron chi connectivity index (χ1n) is 14.2. The van der Waals surface area contributed by atoms with E-state index in [0.29, 0.717) is 11.0 Å². The van der Waals surface area contributed by atoms with Gasteiger partial charge in [0.25, 0.3) is 5.91 Å². The predicted molar refractivity (Wildman–Crippen MR) is 149 cm³/mol. The molecule has 2 aromatic carbocycles. The highest BCUT2D eigenvalue weighted by molar-refractivity contribution is 6.14. The smallest absolute Gasteiger partial charge is 0.318 e. The van der Waals surface area contributed by atoms with Gasteiger partial charge in [0, 0.05) is 22.6 Å². The Morgan fingerprint density at radius 1 is 0.949 bits per heavy atom. The fourth-order valence-corrected chi connectivity index (χ4v) is 8.43. The minimum absolute atomic E-state index is 0.107. The third-order valence-electron chi connectivity index (χ3n) is 9.79. The predicted octanol–water partition coefficient (Wildman–Crippen LogP) is 6.79. The number of urea groups is 1. The average Bonchev–Trinajstić information content (AvgIpc) is 3.33. The van der Waals surface area contributed by atoms with Crippen LogP contribution in [0.4, 0.5) is 9.18 Å². The van der Waals surface area contributed by atoms with Crippen molar-refractivity contribution in [2.45, 2.75) is 64.3 Å². The van der Waals surface area contributed by atoms with Gasteiger partial charge in [-0.2, -0.15) is 0 Å². The summed E-state index contributed by atoms with van der Waals surface area (Å²) < 4.78 is 16.3. The van der Waals surface area contributed by atoms with Gasteiger partial charge in [-0.05, 0) is 117 Å². The molecule has 3 amide bonds. The number of amides is 3. The van der Waals surface area contributed by atoms with E-state index in [1.807, 2.05) is 13.0 Å². The van der Waals surface area contributed by atoms with Gasteiger partial charge in [-0.1, -0.05) is 30.3 Å². The average molecular weight is 524 g/mol. The highest BCUT2D eigenvalue weighted by atomic mass is 19.1. The molecule has 6 heteroatoms. The van der Waals surface area contributed by atoms with E-state index in [1.165, 1.54) is 50.2 Å². The lowest BCUT2D eigenvalue weighted by atomic mass is 9.48. The van der Waals surface area contributed by atoms with Gasteiger partial charge in [-0.25, -0.2) is 9.18 Å². The SMILES string of the molecule is Cc1cc(/C=C2/NC(=O)N(Cc3ccccc3F)C2=O)c(C)n1-c1ccc(C23CC4CC(CC(C4)C2)C3)cc1. The second kappa shape index (κ2) is 8.94. The molecule has 5 aliphatic rings. The van der Waals surface area contributed by atoms with Crippen LogP contribution >= 0.6 is 0 Å². The summed E-state index contributed by atoms with van der Waals surface area (Å²) in [5.41, 5.74) is 6.41. The number of aromatic nitrogens is 1. The Labute approximate surface area is 228 Å². The number of aryl methyl sites for hydroxylation is 1. The number of nitrogens with one attached hydrogen (secondary N) is 1. The molecule has 2 heterocycles. The third kappa shape index (κ3) is 4.03. The maximum atomic E-state index is 14.1. The number of rotatable bonds is 5. The molecule has 1 N–H and O–H groups in total. The molecule has 1 aliphatic heterocycles. The lowest BCUT2D eigenvalue weighted by molar-refractivity contribution is -0.123. The summed E-state index contributed by atoms with van der Waals surface area (Å²) in [6, 6.07) is 16.9. The van der Waals surface area contributed by atoms with Crippen molar-refractivity contribution in [2.75, 3.05) is 0 Å². The van der Waals surface area contributed by atoms with E-state index in [4.69, 9.17) is 0 Å². The second-order valence-corrected chi connectivity index (χ2v) is 12.4. The molecule has 4 bridgehead atoms. The van der Waals surface area contributed by atoms with Crippen LogP contribution in [0.5, 0.6) is 0 Å². The zero-order valence-corrected chi connectivity index (χ0v) is 22.5. The van der Waals surface area contributed by atoms with Crippen molar-refractivity contribution in [2.24, 2.45) is 17.8 Å². The lowest BCUT2D eigenvalue weighted by Crippen LogP contribution is -2.48. The third-order valence-corrected chi connectivity index (χ3v) is 9.79. The molecular weight excluding hydrogens is 489 g/mol. The standard InChI is InChI=1S/C33H34FN3O2/c1-20-11-26(15-30-31(38)36(32(39)35-30)19-25-5-3-4-6-29(25)34)21(2)37(20)28-9-7-27(8-10-28)33-16-22-12-23(17-33)14-24(13-22)18-33/h3-11,15,22-24H,12-14,16-19H2,1-2H3,(H,35,39)/b30-15+. The topological polar surface area (TPSA) is 54.3 Å². The van der Waals surface area contributed by atoms with E-state index in [0.717, 1.165) is 45.3 Å². The quantitative estimate of drug-likeness (QED) is 0.296. The number of imide groups is 1. The highest BCUT2D eigenvalue weighted by Gasteiger charge is 2.51. The van der Waals surface area contributed by atoms with Crippen LogP contribution in [-0.2, 0) is 16.8 Å². The van der Waals surface area contributed by atoms with Crippen molar-refractivity contribution in [1.82, 2.24) is 14.8 Å². The molecule has 1 aromatic heterocycles. The second-order valence-electron chi connectivity index (χ2n) is 12.4. The molecule has 4 saturated carbocycles. The molecule has 0 radical (unpaired) electrons. The molecule has 3 aromatic rings. The number of hydrogen-bond donors (Lipinski definition) is 1. The van der Waals surface area contributed by atoms with Gasteiger partial charge in [0.1, 0.15) is 11.5 Å². The van der Waals surface area contributed by atoms with Crippen molar-refractivity contribution < 1.29 is 14.0 Å². The van der Waals surface area contributed by atoms with Crippen molar-refractivity contribution >= 4 is 18.0 Å². The molecule has 4 aliphatic carbocycles. The van der Waals surface area contributed by atoms with E-state index in [2.05, 4.69) is 41.1 Å². The molecule has 39 heavy (non-hydrogen) atoms. The van der Waals surface area contributed by atoms with Crippen LogP contribution in [0.15, 0.2) is 60.3 Å². The monoisotopic (exact) mass is 523 g/mol. The summed E-state index contributed by atoms with van der Waals surface area (Å²) in [4.78, 5) is 26.7. The normalized spacial score (nSPS) is 28.5. The first kappa shape index (κ1) is 24.4. The van der Waals surface area contributed by atoms with Crippen molar-refractivity contribution in [1.29, 1.82) is 0 Å². The fraction of sp³-hybridized carbons (Fsp3) is 0.394. The molecule has 0 spiro atoms. The molecule has 0 unspecified atom stereocenters. The molecule has 5 nitrogen and oxygen atoms in total. The van der Waals surface area contributed by atoms with Gasteiger partial charge in [0.2, 0.25) is 0 Å². The number of halogens is 1. The summed E-state index contributed by atoms with van der Waals surface area (Å²) in [7, 11) is 0. The number of carbonyl (C=O) groups excluding carboxylic acids is 2. The summed E-state index contributed by atoms with van der Waals surface area (Å²) in [5, 5.41) is 2.68. The summed E-state index contributed by atoms with van der Waals surface area (Å²) >= 11 is 0. The van der Waals surface area contributed by atoms with Crippen LogP contribution in [-0.4, -0.2) is 21.4 Å². The van der Waals surface area contributed by atoms with Crippen molar-refractivity contribution in [3.8, 4) is 5.69 Å². The van der Waals surface area contributed by atoms with Gasteiger partial charge in [-0.15, -0.1) is 0 Å². The van der Waals surface area contributed by atoms with Gasteiger partial charge in [-0.3, -0.25) is 9.69 Å². The van der Waals surface area contributed by atoms with E-state index in [-0.39, 0.29) is 12.2 Å². The van der Waals surface area contributed by atoms with Crippen LogP contribution in [0.1, 0.15) is 66.6 Å². The van der Waals surface area contributed by atoms with E-state index in [9.17, 15) is 14.0 Å². The van der Waals surface area contributed by atoms with Crippen LogP contribution in [0.2, 0.25) is 0 Å². The van der Waals surface area contributed by atoms with Gasteiger partial charge in [0.05, 0.1) is 6.54 Å².